The van der Waals surface area contributed by atoms with E-state index >= 15 is 0 Å². The second kappa shape index (κ2) is 3.37. The summed E-state index contributed by atoms with van der Waals surface area (Å²) < 4.78 is 0. The van der Waals surface area contributed by atoms with Crippen molar-refractivity contribution in [2.24, 2.45) is 23.0 Å². The van der Waals surface area contributed by atoms with Gasteiger partial charge in [0, 0.05) is 6.04 Å². The Morgan fingerprint density at radius 2 is 1.83 bits per heavy atom. The molecule has 1 aliphatic carbocycles. The van der Waals surface area contributed by atoms with Gasteiger partial charge in [-0.2, -0.15) is 0 Å². The molecular formula is C11H23N. The van der Waals surface area contributed by atoms with Crippen LogP contribution >= 0.6 is 0 Å². The van der Waals surface area contributed by atoms with Crippen LogP contribution in [0.5, 0.6) is 0 Å². The second-order valence-corrected chi connectivity index (χ2v) is 5.57. The van der Waals surface area contributed by atoms with Crippen LogP contribution < -0.4 is 5.73 Å². The maximum Gasteiger partial charge on any atom is 0.00466 e. The Kier molecular flexibility index (Phi) is 2.82. The third-order valence-corrected chi connectivity index (χ3v) is 3.18. The highest BCUT2D eigenvalue weighted by molar-refractivity contribution is 4.87. The van der Waals surface area contributed by atoms with Gasteiger partial charge in [-0.1, -0.05) is 27.7 Å². The molecule has 1 nitrogen and oxygen atoms in total. The second-order valence-electron chi connectivity index (χ2n) is 5.57. The molecule has 1 saturated carbocycles. The molecule has 0 aromatic heterocycles. The van der Waals surface area contributed by atoms with E-state index in [1.165, 1.54) is 19.3 Å². The molecule has 0 amide bonds. The first-order valence-corrected chi connectivity index (χ1v) is 5.16. The summed E-state index contributed by atoms with van der Waals surface area (Å²) in [7, 11) is 0. The highest BCUT2D eigenvalue weighted by atomic mass is 14.7. The molecule has 0 bridgehead atoms. The van der Waals surface area contributed by atoms with E-state index in [2.05, 4.69) is 27.7 Å². The zero-order valence-electron chi connectivity index (χ0n) is 8.93. The van der Waals surface area contributed by atoms with E-state index in [0.717, 1.165) is 11.8 Å². The van der Waals surface area contributed by atoms with Crippen molar-refractivity contribution >= 4 is 0 Å². The fraction of sp³-hybridized carbons (Fsp3) is 1.00. The lowest BCUT2D eigenvalue weighted by Gasteiger charge is -2.40. The number of nitrogens with two attached hydrogens (primary N) is 1. The topological polar surface area (TPSA) is 26.0 Å². The van der Waals surface area contributed by atoms with Crippen molar-refractivity contribution in [3.05, 3.63) is 0 Å². The van der Waals surface area contributed by atoms with Crippen molar-refractivity contribution in [3.8, 4) is 0 Å². The Bertz CT molecular complexity index is 149. The van der Waals surface area contributed by atoms with Crippen molar-refractivity contribution in [2.75, 3.05) is 0 Å². The van der Waals surface area contributed by atoms with Crippen molar-refractivity contribution < 1.29 is 0 Å². The zero-order valence-corrected chi connectivity index (χ0v) is 8.93. The molecule has 0 spiro atoms. The minimum Gasteiger partial charge on any atom is -0.328 e. The molecule has 12 heavy (non-hydrogen) atoms. The number of rotatable bonds is 1. The fourth-order valence-corrected chi connectivity index (χ4v) is 2.57. The fourth-order valence-electron chi connectivity index (χ4n) is 2.57. The van der Waals surface area contributed by atoms with Gasteiger partial charge in [-0.3, -0.25) is 0 Å². The lowest BCUT2D eigenvalue weighted by molar-refractivity contribution is 0.129. The molecule has 0 aromatic rings. The summed E-state index contributed by atoms with van der Waals surface area (Å²) in [5.74, 6) is 1.65. The van der Waals surface area contributed by atoms with E-state index in [1.807, 2.05) is 0 Å². The van der Waals surface area contributed by atoms with Crippen molar-refractivity contribution in [1.82, 2.24) is 0 Å². The molecule has 0 aliphatic heterocycles. The average molecular weight is 169 g/mol. The molecule has 2 atom stereocenters. The summed E-state index contributed by atoms with van der Waals surface area (Å²) in [5.41, 5.74) is 6.52. The highest BCUT2D eigenvalue weighted by Gasteiger charge is 2.33. The normalized spacial score (nSPS) is 35.5. The first kappa shape index (κ1) is 10.0. The van der Waals surface area contributed by atoms with Crippen molar-refractivity contribution in [2.45, 2.75) is 53.0 Å². The van der Waals surface area contributed by atoms with Gasteiger partial charge >= 0.3 is 0 Å². The van der Waals surface area contributed by atoms with E-state index in [9.17, 15) is 0 Å². The summed E-state index contributed by atoms with van der Waals surface area (Å²) >= 11 is 0. The maximum absolute atomic E-state index is 6.04. The highest BCUT2D eigenvalue weighted by Crippen LogP contribution is 2.40. The average Bonchev–Trinajstić information content (AvgIpc) is 1.82. The van der Waals surface area contributed by atoms with Crippen LogP contribution in [-0.4, -0.2) is 6.04 Å². The van der Waals surface area contributed by atoms with E-state index in [4.69, 9.17) is 5.73 Å². The van der Waals surface area contributed by atoms with Crippen LogP contribution in [0.2, 0.25) is 0 Å². The molecule has 0 aromatic carbocycles. The minimum atomic E-state index is 0.446. The lowest BCUT2D eigenvalue weighted by Crippen LogP contribution is -2.38. The Balaban J connectivity index is 2.58. The van der Waals surface area contributed by atoms with Gasteiger partial charge in [-0.25, -0.2) is 0 Å². The van der Waals surface area contributed by atoms with Crippen LogP contribution in [-0.2, 0) is 0 Å². The Hall–Kier alpha value is -0.0400. The van der Waals surface area contributed by atoms with E-state index in [0.29, 0.717) is 11.5 Å². The molecule has 0 unspecified atom stereocenters. The summed E-state index contributed by atoms with van der Waals surface area (Å²) in [6, 6.07) is 0.446. The summed E-state index contributed by atoms with van der Waals surface area (Å²) in [6.07, 6.45) is 3.80. The van der Waals surface area contributed by atoms with Gasteiger partial charge in [0.2, 0.25) is 0 Å². The summed E-state index contributed by atoms with van der Waals surface area (Å²) in [5, 5.41) is 0. The first-order chi connectivity index (χ1) is 5.41. The quantitative estimate of drug-likeness (QED) is 0.642. The molecule has 72 valence electrons. The van der Waals surface area contributed by atoms with Crippen LogP contribution in [0, 0.1) is 17.3 Å². The minimum absolute atomic E-state index is 0.446. The molecule has 1 aliphatic rings. The van der Waals surface area contributed by atoms with E-state index in [1.54, 1.807) is 0 Å². The number of hydrogen-bond acceptors (Lipinski definition) is 1. The smallest absolute Gasteiger partial charge is 0.00466 e. The Morgan fingerprint density at radius 3 is 2.25 bits per heavy atom. The predicted molar refractivity (Wildman–Crippen MR) is 53.9 cm³/mol. The Labute approximate surface area is 76.7 Å². The Morgan fingerprint density at radius 1 is 1.25 bits per heavy atom. The van der Waals surface area contributed by atoms with E-state index < -0.39 is 0 Å². The molecule has 0 heterocycles. The van der Waals surface area contributed by atoms with Crippen LogP contribution in [0.25, 0.3) is 0 Å². The van der Waals surface area contributed by atoms with Crippen LogP contribution in [0.1, 0.15) is 47.0 Å². The molecule has 0 saturated heterocycles. The van der Waals surface area contributed by atoms with Crippen molar-refractivity contribution in [1.29, 1.82) is 0 Å². The van der Waals surface area contributed by atoms with Gasteiger partial charge in [0.05, 0.1) is 0 Å². The summed E-state index contributed by atoms with van der Waals surface area (Å²) in [4.78, 5) is 0. The summed E-state index contributed by atoms with van der Waals surface area (Å²) in [6.45, 7) is 9.33. The first-order valence-electron chi connectivity index (χ1n) is 5.16. The third kappa shape index (κ3) is 2.48. The molecule has 0 radical (unpaired) electrons. The van der Waals surface area contributed by atoms with Gasteiger partial charge in [0.15, 0.2) is 0 Å². The lowest BCUT2D eigenvalue weighted by atomic mass is 9.67. The van der Waals surface area contributed by atoms with Gasteiger partial charge in [-0.05, 0) is 36.5 Å². The molecule has 1 rings (SSSR count). The third-order valence-electron chi connectivity index (χ3n) is 3.18. The number of hydrogen-bond donors (Lipinski definition) is 1. The van der Waals surface area contributed by atoms with Crippen LogP contribution in [0.4, 0.5) is 0 Å². The molecule has 1 fully saturated rings. The van der Waals surface area contributed by atoms with Gasteiger partial charge < -0.3 is 5.73 Å². The molecule has 2 N–H and O–H groups in total. The van der Waals surface area contributed by atoms with Gasteiger partial charge in [0.25, 0.3) is 0 Å². The van der Waals surface area contributed by atoms with Gasteiger partial charge in [0.1, 0.15) is 0 Å². The largest absolute Gasteiger partial charge is 0.328 e. The predicted octanol–water partition coefficient (Wildman–Crippen LogP) is 2.80. The van der Waals surface area contributed by atoms with Gasteiger partial charge in [-0.15, -0.1) is 0 Å². The van der Waals surface area contributed by atoms with Crippen LogP contribution in [0.15, 0.2) is 0 Å². The maximum atomic E-state index is 6.04. The molecular weight excluding hydrogens is 146 g/mol. The zero-order chi connectivity index (χ0) is 9.35. The van der Waals surface area contributed by atoms with E-state index in [-0.39, 0.29) is 0 Å². The standard InChI is InChI=1S/C11H23N/c1-8(2)9-5-10(12)7-11(3,4)6-9/h8-10H,5-7,12H2,1-4H3/t9-,10-/m0/s1. The van der Waals surface area contributed by atoms with Crippen LogP contribution in [0.3, 0.4) is 0 Å². The SMILES string of the molecule is CC(C)[C@H]1C[C@H](N)CC(C)(C)C1. The van der Waals surface area contributed by atoms with Crippen molar-refractivity contribution in [3.63, 3.8) is 0 Å². The molecule has 1 heteroatoms. The monoisotopic (exact) mass is 169 g/mol.